The van der Waals surface area contributed by atoms with Crippen LogP contribution in [-0.4, -0.2) is 54.1 Å². The molecule has 47 heavy (non-hydrogen) atoms. The van der Waals surface area contributed by atoms with Gasteiger partial charge in [0, 0.05) is 35.8 Å². The first-order valence-corrected chi connectivity index (χ1v) is 15.9. The zero-order valence-electron chi connectivity index (χ0n) is 26.6. The number of carbonyl (C=O) groups is 3. The quantitative estimate of drug-likeness (QED) is 0.225. The molecular weight excluding hydrogens is 594 g/mol. The number of rotatable bonds is 11. The molecule has 2 N–H and O–H groups in total. The van der Waals surface area contributed by atoms with E-state index in [4.69, 9.17) is 9.47 Å². The first-order valence-electron chi connectivity index (χ1n) is 15.9. The van der Waals surface area contributed by atoms with E-state index in [-0.39, 0.29) is 49.8 Å². The van der Waals surface area contributed by atoms with Crippen LogP contribution in [-0.2, 0) is 33.0 Å². The second-order valence-electron chi connectivity index (χ2n) is 12.1. The van der Waals surface area contributed by atoms with Crippen molar-refractivity contribution in [2.24, 2.45) is 5.92 Å². The molecule has 3 amide bonds. The van der Waals surface area contributed by atoms with Gasteiger partial charge in [0.1, 0.15) is 5.75 Å². The molecule has 0 aliphatic carbocycles. The Morgan fingerprint density at radius 3 is 2.45 bits per heavy atom. The highest BCUT2D eigenvalue weighted by atomic mass is 16.5. The first-order chi connectivity index (χ1) is 22.8. The van der Waals surface area contributed by atoms with Gasteiger partial charge in [-0.05, 0) is 60.0 Å². The molecule has 0 radical (unpaired) electrons. The molecule has 0 saturated carbocycles. The van der Waals surface area contributed by atoms with Gasteiger partial charge in [0.25, 0.3) is 11.8 Å². The summed E-state index contributed by atoms with van der Waals surface area (Å²) in [5.74, 6) is -0.0374. The van der Waals surface area contributed by atoms with Gasteiger partial charge in [0.15, 0.2) is 5.60 Å². The summed E-state index contributed by atoms with van der Waals surface area (Å²) in [5, 5.41) is 12.6. The van der Waals surface area contributed by atoms with Crippen LogP contribution in [0.4, 0.5) is 11.4 Å². The average molecular weight is 634 g/mol. The van der Waals surface area contributed by atoms with Crippen molar-refractivity contribution in [2.75, 3.05) is 30.5 Å². The van der Waals surface area contributed by atoms with E-state index in [2.05, 4.69) is 5.32 Å². The molecular formula is C38H39N3O6. The van der Waals surface area contributed by atoms with Crippen LogP contribution in [0.15, 0.2) is 103 Å². The Morgan fingerprint density at radius 2 is 1.70 bits per heavy atom. The number of methoxy groups -OCH3 is 1. The second-order valence-corrected chi connectivity index (χ2v) is 12.1. The van der Waals surface area contributed by atoms with Crippen molar-refractivity contribution in [3.63, 3.8) is 0 Å². The standard InChI is InChI=1S/C38H39N3O6/c1-26-21-32(23-35(43)40(19-20-42)24-27-9-4-3-5-10-27)47-38(26)33-13-6-7-14-34(33)41(37(38)45)25-28-11-8-12-30(22-28)39-36(44)29-15-17-31(46-2)18-16-29/h3-18,22,26,32,42H,19-21,23-25H2,1-2H3,(H,39,44)/t26-,32-,38+/m1/s1. The van der Waals surface area contributed by atoms with Crippen LogP contribution in [0.3, 0.4) is 0 Å². The first kappa shape index (κ1) is 32.0. The smallest absolute Gasteiger partial charge is 0.264 e. The molecule has 1 fully saturated rings. The lowest BCUT2D eigenvalue weighted by molar-refractivity contribution is -0.150. The van der Waals surface area contributed by atoms with Crippen molar-refractivity contribution < 1.29 is 29.0 Å². The number of para-hydroxylation sites is 1. The summed E-state index contributed by atoms with van der Waals surface area (Å²) in [7, 11) is 1.58. The largest absolute Gasteiger partial charge is 0.497 e. The SMILES string of the molecule is COc1ccc(C(=O)Nc2cccc(CN3C(=O)[C@@]4(O[C@@H](CC(=O)N(CCO)Cc5ccccc5)C[C@H]4C)c4ccccc43)c2)cc1. The van der Waals surface area contributed by atoms with E-state index in [0.717, 1.165) is 22.4 Å². The fourth-order valence-electron chi connectivity index (χ4n) is 6.72. The number of aliphatic hydroxyl groups excluding tert-OH is 1. The maximum absolute atomic E-state index is 14.4. The van der Waals surface area contributed by atoms with E-state index in [0.29, 0.717) is 30.0 Å². The van der Waals surface area contributed by atoms with Crippen molar-refractivity contribution >= 4 is 29.1 Å². The zero-order valence-corrected chi connectivity index (χ0v) is 26.6. The number of anilines is 2. The maximum atomic E-state index is 14.4. The van der Waals surface area contributed by atoms with Crippen molar-refractivity contribution in [1.29, 1.82) is 0 Å². The van der Waals surface area contributed by atoms with Crippen LogP contribution in [0.5, 0.6) is 5.75 Å². The predicted octanol–water partition coefficient (Wildman–Crippen LogP) is 5.53. The lowest BCUT2D eigenvalue weighted by Crippen LogP contribution is -2.44. The average Bonchev–Trinajstić information content (AvgIpc) is 3.54. The highest BCUT2D eigenvalue weighted by molar-refractivity contribution is 6.07. The molecule has 9 heteroatoms. The number of aliphatic hydroxyl groups is 1. The third kappa shape index (κ3) is 6.50. The monoisotopic (exact) mass is 633 g/mol. The molecule has 242 valence electrons. The van der Waals surface area contributed by atoms with Gasteiger partial charge in [0.05, 0.1) is 38.5 Å². The van der Waals surface area contributed by atoms with Crippen LogP contribution >= 0.6 is 0 Å². The van der Waals surface area contributed by atoms with Crippen LogP contribution in [0.1, 0.15) is 46.8 Å². The van der Waals surface area contributed by atoms with Crippen molar-refractivity contribution in [1.82, 2.24) is 4.90 Å². The van der Waals surface area contributed by atoms with E-state index >= 15 is 0 Å². The van der Waals surface area contributed by atoms with Crippen LogP contribution in [0.25, 0.3) is 0 Å². The Hall–Kier alpha value is -4.99. The molecule has 0 aromatic heterocycles. The lowest BCUT2D eigenvalue weighted by Gasteiger charge is -2.28. The Kier molecular flexibility index (Phi) is 9.38. The molecule has 2 aliphatic rings. The van der Waals surface area contributed by atoms with Gasteiger partial charge in [0.2, 0.25) is 5.91 Å². The Morgan fingerprint density at radius 1 is 0.979 bits per heavy atom. The Bertz CT molecular complexity index is 1740. The van der Waals surface area contributed by atoms with E-state index < -0.39 is 11.7 Å². The van der Waals surface area contributed by atoms with Gasteiger partial charge in [-0.1, -0.05) is 67.6 Å². The molecule has 4 aromatic carbocycles. The van der Waals surface area contributed by atoms with Crippen LogP contribution in [0, 0.1) is 5.92 Å². The third-order valence-electron chi connectivity index (χ3n) is 9.04. The highest BCUT2D eigenvalue weighted by Gasteiger charge is 2.60. The van der Waals surface area contributed by atoms with Gasteiger partial charge in [-0.2, -0.15) is 0 Å². The molecule has 1 spiro atoms. The molecule has 6 rings (SSSR count). The summed E-state index contributed by atoms with van der Waals surface area (Å²) >= 11 is 0. The normalized spacial score (nSPS) is 19.9. The molecule has 0 bridgehead atoms. The van der Waals surface area contributed by atoms with Crippen LogP contribution < -0.4 is 15.0 Å². The zero-order chi connectivity index (χ0) is 33.0. The van der Waals surface area contributed by atoms with E-state index in [9.17, 15) is 19.5 Å². The highest BCUT2D eigenvalue weighted by Crippen LogP contribution is 2.53. The number of amides is 3. The third-order valence-corrected chi connectivity index (χ3v) is 9.04. The minimum Gasteiger partial charge on any atom is -0.497 e. The van der Waals surface area contributed by atoms with Gasteiger partial charge >= 0.3 is 0 Å². The van der Waals surface area contributed by atoms with Gasteiger partial charge in [-0.15, -0.1) is 0 Å². The molecule has 2 heterocycles. The van der Waals surface area contributed by atoms with Crippen molar-refractivity contribution in [3.05, 3.63) is 125 Å². The number of nitrogens with zero attached hydrogens (tertiary/aromatic N) is 2. The number of ether oxygens (including phenoxy) is 2. The lowest BCUT2D eigenvalue weighted by atomic mass is 9.83. The fraction of sp³-hybridized carbons (Fsp3) is 0.289. The number of hydrogen-bond acceptors (Lipinski definition) is 6. The van der Waals surface area contributed by atoms with E-state index in [1.165, 1.54) is 0 Å². The van der Waals surface area contributed by atoms with Crippen LogP contribution in [0.2, 0.25) is 0 Å². The van der Waals surface area contributed by atoms with Crippen molar-refractivity contribution in [2.45, 2.75) is 44.6 Å². The van der Waals surface area contributed by atoms with Gasteiger partial charge in [-0.25, -0.2) is 0 Å². The topological polar surface area (TPSA) is 108 Å². The van der Waals surface area contributed by atoms with E-state index in [1.807, 2.05) is 85.8 Å². The minimum absolute atomic E-state index is 0.115. The fourth-order valence-corrected chi connectivity index (χ4v) is 6.72. The summed E-state index contributed by atoms with van der Waals surface area (Å²) in [6.45, 7) is 2.76. The molecule has 0 unspecified atom stereocenters. The molecule has 2 aliphatic heterocycles. The summed E-state index contributed by atoms with van der Waals surface area (Å²) < 4.78 is 11.8. The molecule has 3 atom stereocenters. The van der Waals surface area contributed by atoms with Gasteiger partial charge < -0.3 is 29.7 Å². The number of hydrogen-bond donors (Lipinski definition) is 2. The number of carbonyl (C=O) groups excluding carboxylic acids is 3. The van der Waals surface area contributed by atoms with E-state index in [1.54, 1.807) is 41.2 Å². The number of fused-ring (bicyclic) bond motifs is 2. The summed E-state index contributed by atoms with van der Waals surface area (Å²) in [4.78, 5) is 44.2. The predicted molar refractivity (Wildman–Crippen MR) is 179 cm³/mol. The summed E-state index contributed by atoms with van der Waals surface area (Å²) in [6, 6.07) is 31.7. The minimum atomic E-state index is -1.21. The Labute approximate surface area is 274 Å². The second kappa shape index (κ2) is 13.8. The summed E-state index contributed by atoms with van der Waals surface area (Å²) in [6.07, 6.45) is 0.206. The van der Waals surface area contributed by atoms with Gasteiger partial charge in [-0.3, -0.25) is 14.4 Å². The number of benzene rings is 4. The number of nitrogens with one attached hydrogen (secondary N) is 1. The molecule has 4 aromatic rings. The van der Waals surface area contributed by atoms with Crippen molar-refractivity contribution in [3.8, 4) is 5.75 Å². The molecule has 9 nitrogen and oxygen atoms in total. The maximum Gasteiger partial charge on any atom is 0.264 e. The Balaban J connectivity index is 1.18. The molecule has 1 saturated heterocycles. The summed E-state index contributed by atoms with van der Waals surface area (Å²) in [5.41, 5.74) is 3.31.